The number of nitrogens with zero attached hydrogens (tertiary/aromatic N) is 1. The molecule has 5 heteroatoms. The van der Waals surface area contributed by atoms with Crippen LogP contribution in [0.3, 0.4) is 0 Å². The first kappa shape index (κ1) is 15.2. The van der Waals surface area contributed by atoms with E-state index in [1.54, 1.807) is 44.7 Å². The van der Waals surface area contributed by atoms with Crippen molar-refractivity contribution >= 4 is 27.6 Å². The van der Waals surface area contributed by atoms with Crippen LogP contribution in [0.25, 0.3) is 21.8 Å². The maximum absolute atomic E-state index is 12.9. The van der Waals surface area contributed by atoms with Gasteiger partial charge in [-0.25, -0.2) is 0 Å². The first-order chi connectivity index (χ1) is 12.2. The van der Waals surface area contributed by atoms with Crippen LogP contribution in [-0.2, 0) is 0 Å². The summed E-state index contributed by atoms with van der Waals surface area (Å²) in [6, 6.07) is 14.7. The minimum Gasteiger partial charge on any atom is -0.497 e. The van der Waals surface area contributed by atoms with Crippen molar-refractivity contribution < 1.29 is 14.3 Å². The highest BCUT2D eigenvalue weighted by molar-refractivity contribution is 6.19. The summed E-state index contributed by atoms with van der Waals surface area (Å²) in [6.45, 7) is 0. The third-order valence-corrected chi connectivity index (χ3v) is 4.29. The Labute approximate surface area is 144 Å². The number of carbonyl (C=O) groups excluding carboxylic acids is 1. The van der Waals surface area contributed by atoms with Gasteiger partial charge >= 0.3 is 0 Å². The maximum atomic E-state index is 12.9. The van der Waals surface area contributed by atoms with Gasteiger partial charge in [0.1, 0.15) is 17.2 Å². The standard InChI is InChI=1S/C20H16N2O3/c1-24-13-5-3-12(4-6-13)20(23)19-18-15(9-10-21-19)16-11-14(25-2)7-8-17(16)22-18/h3-11,22H,1-2H3. The molecule has 0 aliphatic rings. The van der Waals surface area contributed by atoms with Crippen molar-refractivity contribution in [2.75, 3.05) is 14.2 Å². The normalized spacial score (nSPS) is 11.0. The van der Waals surface area contributed by atoms with Gasteiger partial charge in [-0.05, 0) is 48.5 Å². The fourth-order valence-electron chi connectivity index (χ4n) is 2.98. The van der Waals surface area contributed by atoms with Crippen molar-refractivity contribution in [1.82, 2.24) is 9.97 Å². The molecule has 0 saturated heterocycles. The van der Waals surface area contributed by atoms with E-state index in [9.17, 15) is 4.79 Å². The van der Waals surface area contributed by atoms with E-state index >= 15 is 0 Å². The molecule has 0 saturated carbocycles. The van der Waals surface area contributed by atoms with Gasteiger partial charge in [0.25, 0.3) is 0 Å². The van der Waals surface area contributed by atoms with Gasteiger partial charge in [-0.2, -0.15) is 0 Å². The first-order valence-electron chi connectivity index (χ1n) is 7.84. The predicted molar refractivity (Wildman–Crippen MR) is 96.6 cm³/mol. The summed E-state index contributed by atoms with van der Waals surface area (Å²) >= 11 is 0. The van der Waals surface area contributed by atoms with Gasteiger partial charge in [-0.15, -0.1) is 0 Å². The zero-order valence-corrected chi connectivity index (χ0v) is 13.9. The van der Waals surface area contributed by atoms with Crippen LogP contribution in [0.4, 0.5) is 0 Å². The van der Waals surface area contributed by atoms with E-state index in [2.05, 4.69) is 9.97 Å². The molecular weight excluding hydrogens is 316 g/mol. The molecule has 5 nitrogen and oxygen atoms in total. The van der Waals surface area contributed by atoms with Crippen LogP contribution >= 0.6 is 0 Å². The summed E-state index contributed by atoms with van der Waals surface area (Å²) in [5.41, 5.74) is 2.63. The second-order valence-electron chi connectivity index (χ2n) is 5.68. The van der Waals surface area contributed by atoms with Crippen molar-refractivity contribution in [2.45, 2.75) is 0 Å². The summed E-state index contributed by atoms with van der Waals surface area (Å²) in [4.78, 5) is 20.5. The number of aromatic amines is 1. The minimum absolute atomic E-state index is 0.133. The molecule has 0 atom stereocenters. The van der Waals surface area contributed by atoms with Gasteiger partial charge in [0.05, 0.1) is 19.7 Å². The van der Waals surface area contributed by atoms with Crippen molar-refractivity contribution in [3.8, 4) is 11.5 Å². The molecule has 2 aromatic heterocycles. The van der Waals surface area contributed by atoms with Crippen LogP contribution in [0, 0.1) is 0 Å². The van der Waals surface area contributed by atoms with Gasteiger partial charge in [-0.3, -0.25) is 9.78 Å². The predicted octanol–water partition coefficient (Wildman–Crippen LogP) is 3.96. The Hall–Kier alpha value is -3.34. The molecule has 0 fully saturated rings. The number of ketones is 1. The lowest BCUT2D eigenvalue weighted by Gasteiger charge is -2.04. The average molecular weight is 332 g/mol. The number of rotatable bonds is 4. The number of methoxy groups -OCH3 is 2. The number of hydrogen-bond donors (Lipinski definition) is 1. The van der Waals surface area contributed by atoms with E-state index in [4.69, 9.17) is 9.47 Å². The fourth-order valence-corrected chi connectivity index (χ4v) is 2.98. The summed E-state index contributed by atoms with van der Waals surface area (Å²) in [7, 11) is 3.23. The highest BCUT2D eigenvalue weighted by atomic mass is 16.5. The first-order valence-corrected chi connectivity index (χ1v) is 7.84. The van der Waals surface area contributed by atoms with Crippen LogP contribution < -0.4 is 9.47 Å². The second-order valence-corrected chi connectivity index (χ2v) is 5.68. The number of benzene rings is 2. The molecule has 4 aromatic rings. The molecule has 4 rings (SSSR count). The van der Waals surface area contributed by atoms with Gasteiger partial charge < -0.3 is 14.5 Å². The van der Waals surface area contributed by atoms with Gasteiger partial charge in [0, 0.05) is 28.0 Å². The highest BCUT2D eigenvalue weighted by Crippen LogP contribution is 2.30. The van der Waals surface area contributed by atoms with E-state index in [1.165, 1.54) is 0 Å². The van der Waals surface area contributed by atoms with Crippen LogP contribution in [0.1, 0.15) is 16.1 Å². The third kappa shape index (κ3) is 2.50. The number of H-pyrrole nitrogens is 1. The molecule has 1 N–H and O–H groups in total. The number of fused-ring (bicyclic) bond motifs is 3. The van der Waals surface area contributed by atoms with E-state index in [0.29, 0.717) is 17.0 Å². The van der Waals surface area contributed by atoms with Crippen LogP contribution in [-0.4, -0.2) is 30.0 Å². The largest absolute Gasteiger partial charge is 0.497 e. The van der Waals surface area contributed by atoms with Gasteiger partial charge in [0.15, 0.2) is 0 Å². The van der Waals surface area contributed by atoms with Crippen molar-refractivity contribution in [3.05, 3.63) is 66.0 Å². The Morgan fingerprint density at radius 1 is 0.920 bits per heavy atom. The summed E-state index contributed by atoms with van der Waals surface area (Å²) in [6.07, 6.45) is 1.66. The van der Waals surface area contributed by atoms with Crippen molar-refractivity contribution in [1.29, 1.82) is 0 Å². The number of ether oxygens (including phenoxy) is 2. The Bertz CT molecular complexity index is 1080. The van der Waals surface area contributed by atoms with Crippen LogP contribution in [0.2, 0.25) is 0 Å². The van der Waals surface area contributed by atoms with Crippen molar-refractivity contribution in [2.24, 2.45) is 0 Å². The minimum atomic E-state index is -0.133. The van der Waals surface area contributed by atoms with E-state index in [0.717, 1.165) is 27.6 Å². The molecule has 0 spiro atoms. The molecule has 0 aliphatic heterocycles. The molecule has 25 heavy (non-hydrogen) atoms. The number of pyridine rings is 1. The number of nitrogens with one attached hydrogen (secondary N) is 1. The van der Waals surface area contributed by atoms with E-state index in [-0.39, 0.29) is 5.78 Å². The fraction of sp³-hybridized carbons (Fsp3) is 0.100. The molecule has 2 heterocycles. The number of aromatic nitrogens is 2. The molecule has 0 bridgehead atoms. The average Bonchev–Trinajstić information content (AvgIpc) is 3.05. The third-order valence-electron chi connectivity index (χ3n) is 4.29. The molecule has 2 aromatic carbocycles. The summed E-state index contributed by atoms with van der Waals surface area (Å²) < 4.78 is 10.4. The SMILES string of the molecule is COc1ccc(C(=O)c2nccc3c2[nH]c2ccc(OC)cc23)cc1. The summed E-state index contributed by atoms with van der Waals surface area (Å²) in [5.74, 6) is 1.35. The molecular formula is C20H16N2O3. The molecule has 0 amide bonds. The second kappa shape index (κ2) is 5.94. The topological polar surface area (TPSA) is 64.2 Å². The lowest BCUT2D eigenvalue weighted by molar-refractivity contribution is 0.103. The Morgan fingerprint density at radius 2 is 1.64 bits per heavy atom. The Balaban J connectivity index is 1.87. The van der Waals surface area contributed by atoms with Crippen LogP contribution in [0.5, 0.6) is 11.5 Å². The molecule has 0 aliphatic carbocycles. The van der Waals surface area contributed by atoms with Gasteiger partial charge in [-0.1, -0.05) is 0 Å². The summed E-state index contributed by atoms with van der Waals surface area (Å²) in [5, 5.41) is 1.95. The number of carbonyl (C=O) groups is 1. The highest BCUT2D eigenvalue weighted by Gasteiger charge is 2.17. The lowest BCUT2D eigenvalue weighted by Crippen LogP contribution is -2.04. The Morgan fingerprint density at radius 3 is 2.36 bits per heavy atom. The maximum Gasteiger partial charge on any atom is 0.213 e. The molecule has 0 unspecified atom stereocenters. The lowest BCUT2D eigenvalue weighted by atomic mass is 10.1. The van der Waals surface area contributed by atoms with Gasteiger partial charge in [0.2, 0.25) is 5.78 Å². The van der Waals surface area contributed by atoms with Crippen LogP contribution in [0.15, 0.2) is 54.7 Å². The zero-order chi connectivity index (χ0) is 17.4. The quantitative estimate of drug-likeness (QED) is 0.575. The monoisotopic (exact) mass is 332 g/mol. The smallest absolute Gasteiger partial charge is 0.213 e. The molecule has 0 radical (unpaired) electrons. The van der Waals surface area contributed by atoms with E-state index in [1.807, 2.05) is 24.3 Å². The van der Waals surface area contributed by atoms with E-state index < -0.39 is 0 Å². The number of hydrogen-bond acceptors (Lipinski definition) is 4. The van der Waals surface area contributed by atoms with Crippen molar-refractivity contribution in [3.63, 3.8) is 0 Å². The zero-order valence-electron chi connectivity index (χ0n) is 13.9. The molecule has 124 valence electrons. The Kier molecular flexibility index (Phi) is 3.61.